The molecule has 3 aromatic rings. The van der Waals surface area contributed by atoms with Crippen LogP contribution in [0.3, 0.4) is 0 Å². The third kappa shape index (κ3) is 2.83. The van der Waals surface area contributed by atoms with E-state index < -0.39 is 0 Å². The number of H-pyrrole nitrogens is 2. The maximum Gasteiger partial charge on any atom is 0.263 e. The second-order valence-corrected chi connectivity index (χ2v) is 5.02. The summed E-state index contributed by atoms with van der Waals surface area (Å²) in [5.74, 6) is 1.79. The van der Waals surface area contributed by atoms with Gasteiger partial charge in [0.2, 0.25) is 5.95 Å². The molecule has 1 atom stereocenters. The Morgan fingerprint density at radius 2 is 2.09 bits per heavy atom. The van der Waals surface area contributed by atoms with E-state index in [4.69, 9.17) is 9.47 Å². The molecule has 3 N–H and O–H groups in total. The van der Waals surface area contributed by atoms with Crippen molar-refractivity contribution in [2.75, 3.05) is 19.5 Å². The van der Waals surface area contributed by atoms with Gasteiger partial charge in [-0.2, -0.15) is 10.1 Å². The van der Waals surface area contributed by atoms with Crippen LogP contribution >= 0.6 is 0 Å². The Balaban J connectivity index is 1.93. The molecular formula is C15H17N5O3. The lowest BCUT2D eigenvalue weighted by Crippen LogP contribution is -2.15. The number of hydrogen-bond acceptors (Lipinski definition) is 6. The molecule has 120 valence electrons. The lowest BCUT2D eigenvalue weighted by Gasteiger charge is -2.18. The minimum Gasteiger partial charge on any atom is -0.497 e. The standard InChI is InChI=1S/C15H17N5O3/c1-8(10-6-9(22-2)4-5-12(10)23-3)17-15-18-13-11(7-16-20-13)14(21)19-15/h4-8H,1-3H3,(H3,16,17,18,19,20,21). The molecule has 0 aliphatic heterocycles. The number of hydrogen-bond donors (Lipinski definition) is 3. The Hall–Kier alpha value is -3.03. The van der Waals surface area contributed by atoms with Gasteiger partial charge in [-0.15, -0.1) is 0 Å². The number of ether oxygens (including phenoxy) is 2. The van der Waals surface area contributed by atoms with E-state index in [1.54, 1.807) is 14.2 Å². The van der Waals surface area contributed by atoms with Crippen LogP contribution in [0.25, 0.3) is 11.0 Å². The fraction of sp³-hybridized carbons (Fsp3) is 0.267. The van der Waals surface area contributed by atoms with E-state index in [-0.39, 0.29) is 11.6 Å². The zero-order chi connectivity index (χ0) is 16.4. The summed E-state index contributed by atoms with van der Waals surface area (Å²) in [5.41, 5.74) is 1.07. The summed E-state index contributed by atoms with van der Waals surface area (Å²) in [6, 6.07) is 5.37. The Morgan fingerprint density at radius 3 is 2.83 bits per heavy atom. The van der Waals surface area contributed by atoms with Gasteiger partial charge in [-0.1, -0.05) is 0 Å². The van der Waals surface area contributed by atoms with Gasteiger partial charge in [0.05, 0.1) is 26.5 Å². The van der Waals surface area contributed by atoms with Gasteiger partial charge in [0.15, 0.2) is 5.65 Å². The van der Waals surface area contributed by atoms with Crippen molar-refractivity contribution < 1.29 is 9.47 Å². The number of fused-ring (bicyclic) bond motifs is 1. The third-order valence-electron chi connectivity index (χ3n) is 3.58. The minimum atomic E-state index is -0.254. The third-order valence-corrected chi connectivity index (χ3v) is 3.58. The van der Waals surface area contributed by atoms with Crippen molar-refractivity contribution in [1.82, 2.24) is 20.2 Å². The summed E-state index contributed by atoms with van der Waals surface area (Å²) in [6.07, 6.45) is 1.44. The smallest absolute Gasteiger partial charge is 0.263 e. The van der Waals surface area contributed by atoms with Crippen molar-refractivity contribution >= 4 is 17.0 Å². The monoisotopic (exact) mass is 315 g/mol. The number of rotatable bonds is 5. The normalized spacial score (nSPS) is 12.1. The highest BCUT2D eigenvalue weighted by atomic mass is 16.5. The average molecular weight is 315 g/mol. The van der Waals surface area contributed by atoms with Crippen molar-refractivity contribution in [1.29, 1.82) is 0 Å². The molecule has 0 aliphatic rings. The molecule has 3 rings (SSSR count). The van der Waals surface area contributed by atoms with Crippen LogP contribution in [0.4, 0.5) is 5.95 Å². The molecular weight excluding hydrogens is 298 g/mol. The van der Waals surface area contributed by atoms with Gasteiger partial charge in [-0.3, -0.25) is 14.9 Å². The molecule has 8 heteroatoms. The SMILES string of the molecule is COc1ccc(OC)c(C(C)Nc2nc3[nH]ncc3c(=O)[nH]2)c1. The molecule has 0 amide bonds. The zero-order valence-electron chi connectivity index (χ0n) is 13.0. The van der Waals surface area contributed by atoms with Gasteiger partial charge >= 0.3 is 0 Å². The van der Waals surface area contributed by atoms with Gasteiger partial charge in [-0.05, 0) is 25.1 Å². The number of anilines is 1. The lowest BCUT2D eigenvalue weighted by atomic mass is 10.1. The van der Waals surface area contributed by atoms with Crippen molar-refractivity contribution in [3.63, 3.8) is 0 Å². The van der Waals surface area contributed by atoms with E-state index in [0.29, 0.717) is 17.0 Å². The first kappa shape index (κ1) is 14.9. The van der Waals surface area contributed by atoms with Crippen LogP contribution in [-0.2, 0) is 0 Å². The molecule has 0 aliphatic carbocycles. The summed E-state index contributed by atoms with van der Waals surface area (Å²) in [4.78, 5) is 19.0. The maximum absolute atomic E-state index is 12.0. The number of methoxy groups -OCH3 is 2. The molecule has 1 unspecified atom stereocenters. The fourth-order valence-corrected chi connectivity index (χ4v) is 2.37. The number of benzene rings is 1. The molecule has 0 spiro atoms. The summed E-state index contributed by atoms with van der Waals surface area (Å²) in [7, 11) is 3.21. The lowest BCUT2D eigenvalue weighted by molar-refractivity contribution is 0.397. The molecule has 23 heavy (non-hydrogen) atoms. The van der Waals surface area contributed by atoms with E-state index in [2.05, 4.69) is 25.5 Å². The quantitative estimate of drug-likeness (QED) is 0.663. The molecule has 2 aromatic heterocycles. The summed E-state index contributed by atoms with van der Waals surface area (Å²) < 4.78 is 10.6. The molecule has 0 saturated heterocycles. The van der Waals surface area contributed by atoms with Gasteiger partial charge in [0, 0.05) is 5.56 Å². The molecule has 8 nitrogen and oxygen atoms in total. The summed E-state index contributed by atoms with van der Waals surface area (Å²) in [6.45, 7) is 1.94. The molecule has 0 saturated carbocycles. The molecule has 1 aromatic carbocycles. The predicted molar refractivity (Wildman–Crippen MR) is 86.1 cm³/mol. The second-order valence-electron chi connectivity index (χ2n) is 5.02. The Labute approximate surface area is 131 Å². The van der Waals surface area contributed by atoms with Crippen LogP contribution in [0.2, 0.25) is 0 Å². The van der Waals surface area contributed by atoms with Crippen LogP contribution < -0.4 is 20.3 Å². The van der Waals surface area contributed by atoms with Crippen LogP contribution in [-0.4, -0.2) is 34.4 Å². The highest BCUT2D eigenvalue weighted by Crippen LogP contribution is 2.30. The van der Waals surface area contributed by atoms with Crippen LogP contribution in [0.1, 0.15) is 18.5 Å². The van der Waals surface area contributed by atoms with Crippen molar-refractivity contribution in [3.8, 4) is 11.5 Å². The predicted octanol–water partition coefficient (Wildman–Crippen LogP) is 1.84. The fourth-order valence-electron chi connectivity index (χ4n) is 2.37. The van der Waals surface area contributed by atoms with E-state index >= 15 is 0 Å². The largest absolute Gasteiger partial charge is 0.497 e. The van der Waals surface area contributed by atoms with E-state index in [1.807, 2.05) is 25.1 Å². The zero-order valence-corrected chi connectivity index (χ0v) is 13.0. The Bertz CT molecular complexity index is 886. The number of aromatic amines is 2. The molecule has 2 heterocycles. The van der Waals surface area contributed by atoms with Crippen LogP contribution in [0.15, 0.2) is 29.2 Å². The Kier molecular flexibility index (Phi) is 3.88. The molecule has 0 fully saturated rings. The van der Waals surface area contributed by atoms with Crippen molar-refractivity contribution in [2.45, 2.75) is 13.0 Å². The van der Waals surface area contributed by atoms with E-state index in [1.165, 1.54) is 6.20 Å². The first-order valence-electron chi connectivity index (χ1n) is 7.04. The average Bonchev–Trinajstić information content (AvgIpc) is 3.03. The van der Waals surface area contributed by atoms with Crippen LogP contribution in [0, 0.1) is 0 Å². The Morgan fingerprint density at radius 1 is 1.26 bits per heavy atom. The van der Waals surface area contributed by atoms with Crippen LogP contribution in [0.5, 0.6) is 11.5 Å². The topological polar surface area (TPSA) is 105 Å². The van der Waals surface area contributed by atoms with Crippen molar-refractivity contribution in [2.24, 2.45) is 0 Å². The van der Waals surface area contributed by atoms with Gasteiger partial charge in [0.1, 0.15) is 16.9 Å². The van der Waals surface area contributed by atoms with Gasteiger partial charge in [0.25, 0.3) is 5.56 Å². The maximum atomic E-state index is 12.0. The highest BCUT2D eigenvalue weighted by molar-refractivity contribution is 5.73. The summed E-state index contributed by atoms with van der Waals surface area (Å²) >= 11 is 0. The number of nitrogens with zero attached hydrogens (tertiary/aromatic N) is 2. The first-order valence-corrected chi connectivity index (χ1v) is 7.04. The highest BCUT2D eigenvalue weighted by Gasteiger charge is 2.14. The molecule has 0 bridgehead atoms. The number of nitrogens with one attached hydrogen (secondary N) is 3. The van der Waals surface area contributed by atoms with E-state index in [0.717, 1.165) is 17.1 Å². The number of aromatic nitrogens is 4. The van der Waals surface area contributed by atoms with Gasteiger partial charge in [-0.25, -0.2) is 0 Å². The minimum absolute atomic E-state index is 0.163. The second kappa shape index (κ2) is 5.99. The van der Waals surface area contributed by atoms with Crippen molar-refractivity contribution in [3.05, 3.63) is 40.3 Å². The van der Waals surface area contributed by atoms with E-state index in [9.17, 15) is 4.79 Å². The molecule has 0 radical (unpaired) electrons. The first-order chi connectivity index (χ1) is 11.1. The summed E-state index contributed by atoms with van der Waals surface area (Å²) in [5, 5.41) is 10.1. The van der Waals surface area contributed by atoms with Gasteiger partial charge < -0.3 is 14.8 Å².